The van der Waals surface area contributed by atoms with E-state index in [-0.39, 0.29) is 5.56 Å². The predicted octanol–water partition coefficient (Wildman–Crippen LogP) is 1.48. The summed E-state index contributed by atoms with van der Waals surface area (Å²) in [4.78, 5) is 18.9. The highest BCUT2D eigenvalue weighted by molar-refractivity contribution is 5.92. The van der Waals surface area contributed by atoms with Crippen LogP contribution in [-0.4, -0.2) is 32.2 Å². The molecule has 0 fully saturated rings. The van der Waals surface area contributed by atoms with Gasteiger partial charge in [0, 0.05) is 31.7 Å². The van der Waals surface area contributed by atoms with Gasteiger partial charge in [0.1, 0.15) is 11.4 Å². The molecule has 6 nitrogen and oxygen atoms in total. The number of nitrogens with one attached hydrogen (secondary N) is 1. The number of aromatic carboxylic acids is 1. The van der Waals surface area contributed by atoms with Crippen LogP contribution in [0.5, 0.6) is 0 Å². The van der Waals surface area contributed by atoms with Gasteiger partial charge >= 0.3 is 5.97 Å². The number of hydrogen-bond donors (Lipinski definition) is 2. The molecule has 0 aliphatic rings. The van der Waals surface area contributed by atoms with Gasteiger partial charge in [0.25, 0.3) is 0 Å². The number of imidazole rings is 1. The van der Waals surface area contributed by atoms with E-state index in [9.17, 15) is 4.79 Å². The second-order valence-electron chi connectivity index (χ2n) is 3.79. The summed E-state index contributed by atoms with van der Waals surface area (Å²) in [6.45, 7) is 1.50. The average molecular weight is 246 g/mol. The van der Waals surface area contributed by atoms with Crippen molar-refractivity contribution in [2.24, 2.45) is 0 Å². The summed E-state index contributed by atoms with van der Waals surface area (Å²) in [6, 6.07) is 3.15. The van der Waals surface area contributed by atoms with Crippen LogP contribution in [0.15, 0.2) is 37.1 Å². The number of rotatable bonds is 6. The minimum atomic E-state index is -0.972. The van der Waals surface area contributed by atoms with Gasteiger partial charge in [-0.2, -0.15) is 0 Å². The lowest BCUT2D eigenvalue weighted by Crippen LogP contribution is -2.11. The number of hydrogen-bond acceptors (Lipinski definition) is 4. The Kier molecular flexibility index (Phi) is 3.90. The molecule has 18 heavy (non-hydrogen) atoms. The number of aromatic nitrogens is 3. The van der Waals surface area contributed by atoms with Gasteiger partial charge in [0.15, 0.2) is 0 Å². The Hall–Kier alpha value is -2.37. The molecule has 0 aliphatic heterocycles. The number of nitrogens with zero attached hydrogens (tertiary/aromatic N) is 3. The molecule has 94 valence electrons. The van der Waals surface area contributed by atoms with Crippen LogP contribution in [-0.2, 0) is 6.54 Å². The quantitative estimate of drug-likeness (QED) is 0.754. The molecular formula is C12H14N4O2. The fraction of sp³-hybridized carbons (Fsp3) is 0.250. The Morgan fingerprint density at radius 2 is 2.33 bits per heavy atom. The molecule has 6 heteroatoms. The molecule has 0 saturated heterocycles. The lowest BCUT2D eigenvalue weighted by molar-refractivity contribution is 0.0697. The summed E-state index contributed by atoms with van der Waals surface area (Å²) in [5, 5.41) is 12.0. The molecule has 0 saturated carbocycles. The largest absolute Gasteiger partial charge is 0.478 e. The number of carbonyl (C=O) groups is 1. The molecule has 2 rings (SSSR count). The third kappa shape index (κ3) is 3.07. The van der Waals surface area contributed by atoms with Crippen molar-refractivity contribution in [2.75, 3.05) is 11.9 Å². The summed E-state index contributed by atoms with van der Waals surface area (Å²) >= 11 is 0. The van der Waals surface area contributed by atoms with Crippen LogP contribution in [0, 0.1) is 0 Å². The Morgan fingerprint density at radius 3 is 3.06 bits per heavy atom. The third-order valence-electron chi connectivity index (χ3n) is 2.48. The zero-order chi connectivity index (χ0) is 12.8. The number of aryl methyl sites for hydroxylation is 1. The molecule has 0 bridgehead atoms. The molecule has 0 aromatic carbocycles. The van der Waals surface area contributed by atoms with Gasteiger partial charge in [-0.15, -0.1) is 0 Å². The molecular weight excluding hydrogens is 232 g/mol. The number of anilines is 1. The molecule has 0 atom stereocenters. The van der Waals surface area contributed by atoms with Gasteiger partial charge in [-0.05, 0) is 18.6 Å². The van der Waals surface area contributed by atoms with Crippen LogP contribution in [0.1, 0.15) is 16.8 Å². The van der Waals surface area contributed by atoms with Gasteiger partial charge in [-0.25, -0.2) is 14.8 Å². The SMILES string of the molecule is O=C(O)c1cccnc1NCCCn1ccnc1. The standard InChI is InChI=1S/C12H14N4O2/c17-12(18)10-3-1-4-14-11(10)15-5-2-7-16-8-6-13-9-16/h1,3-4,6,8-9H,2,5,7H2,(H,14,15)(H,17,18). The van der Waals surface area contributed by atoms with Crippen molar-refractivity contribution in [1.29, 1.82) is 0 Å². The molecule has 0 unspecified atom stereocenters. The highest BCUT2D eigenvalue weighted by Crippen LogP contribution is 2.10. The highest BCUT2D eigenvalue weighted by atomic mass is 16.4. The van der Waals surface area contributed by atoms with Crippen LogP contribution >= 0.6 is 0 Å². The lowest BCUT2D eigenvalue weighted by atomic mass is 10.2. The second kappa shape index (κ2) is 5.81. The van der Waals surface area contributed by atoms with E-state index in [0.29, 0.717) is 12.4 Å². The van der Waals surface area contributed by atoms with Gasteiger partial charge in [0.05, 0.1) is 6.33 Å². The number of carboxylic acids is 1. The van der Waals surface area contributed by atoms with Crippen molar-refractivity contribution in [3.05, 3.63) is 42.6 Å². The fourth-order valence-corrected chi connectivity index (χ4v) is 1.61. The van der Waals surface area contributed by atoms with Crippen molar-refractivity contribution < 1.29 is 9.90 Å². The van der Waals surface area contributed by atoms with Crippen molar-refractivity contribution in [3.63, 3.8) is 0 Å². The minimum absolute atomic E-state index is 0.195. The molecule has 0 aliphatic carbocycles. The molecule has 2 N–H and O–H groups in total. The van der Waals surface area contributed by atoms with Crippen LogP contribution in [0.3, 0.4) is 0 Å². The van der Waals surface area contributed by atoms with Crippen LogP contribution in [0.25, 0.3) is 0 Å². The van der Waals surface area contributed by atoms with Gasteiger partial charge in [0.2, 0.25) is 0 Å². The highest BCUT2D eigenvalue weighted by Gasteiger charge is 2.09. The van der Waals surface area contributed by atoms with Crippen LogP contribution in [0.2, 0.25) is 0 Å². The first kappa shape index (κ1) is 12.1. The van der Waals surface area contributed by atoms with Crippen LogP contribution in [0.4, 0.5) is 5.82 Å². The average Bonchev–Trinajstić information content (AvgIpc) is 2.88. The molecule has 0 spiro atoms. The molecule has 2 aromatic heterocycles. The Bertz CT molecular complexity index is 511. The number of pyridine rings is 1. The van der Waals surface area contributed by atoms with E-state index in [1.807, 2.05) is 10.8 Å². The van der Waals surface area contributed by atoms with Crippen molar-refractivity contribution in [1.82, 2.24) is 14.5 Å². The van der Waals surface area contributed by atoms with Crippen molar-refractivity contribution in [2.45, 2.75) is 13.0 Å². The van der Waals surface area contributed by atoms with Gasteiger partial charge in [-0.1, -0.05) is 0 Å². The smallest absolute Gasteiger partial charge is 0.339 e. The monoisotopic (exact) mass is 246 g/mol. The molecule has 0 radical (unpaired) electrons. The summed E-state index contributed by atoms with van der Waals surface area (Å²) in [7, 11) is 0. The maximum atomic E-state index is 10.9. The van der Waals surface area contributed by atoms with E-state index in [1.165, 1.54) is 6.07 Å². The first-order valence-corrected chi connectivity index (χ1v) is 5.65. The summed E-state index contributed by atoms with van der Waals surface area (Å²) < 4.78 is 1.97. The van der Waals surface area contributed by atoms with Crippen molar-refractivity contribution in [3.8, 4) is 0 Å². The maximum Gasteiger partial charge on any atom is 0.339 e. The second-order valence-corrected chi connectivity index (χ2v) is 3.79. The van der Waals surface area contributed by atoms with E-state index >= 15 is 0 Å². The molecule has 0 amide bonds. The fourth-order valence-electron chi connectivity index (χ4n) is 1.61. The predicted molar refractivity (Wildman–Crippen MR) is 66.5 cm³/mol. The molecule has 2 aromatic rings. The zero-order valence-corrected chi connectivity index (χ0v) is 9.78. The first-order chi connectivity index (χ1) is 8.77. The lowest BCUT2D eigenvalue weighted by Gasteiger charge is -2.08. The summed E-state index contributed by atoms with van der Waals surface area (Å²) in [5.41, 5.74) is 0.195. The zero-order valence-electron chi connectivity index (χ0n) is 9.78. The number of carboxylic acid groups (broad SMARTS) is 1. The van der Waals surface area contributed by atoms with E-state index in [2.05, 4.69) is 15.3 Å². The van der Waals surface area contributed by atoms with E-state index in [1.54, 1.807) is 24.8 Å². The Labute approximate surface area is 104 Å². The summed E-state index contributed by atoms with van der Waals surface area (Å²) in [5.74, 6) is -0.559. The Balaban J connectivity index is 1.85. The molecule has 2 heterocycles. The van der Waals surface area contributed by atoms with Gasteiger partial charge in [-0.3, -0.25) is 0 Å². The maximum absolute atomic E-state index is 10.9. The van der Waals surface area contributed by atoms with Crippen molar-refractivity contribution >= 4 is 11.8 Å². The van der Waals surface area contributed by atoms with E-state index in [4.69, 9.17) is 5.11 Å². The minimum Gasteiger partial charge on any atom is -0.478 e. The Morgan fingerprint density at radius 1 is 1.44 bits per heavy atom. The third-order valence-corrected chi connectivity index (χ3v) is 2.48. The summed E-state index contributed by atoms with van der Waals surface area (Å²) in [6.07, 6.45) is 7.82. The van der Waals surface area contributed by atoms with E-state index in [0.717, 1.165) is 13.0 Å². The van der Waals surface area contributed by atoms with E-state index < -0.39 is 5.97 Å². The normalized spacial score (nSPS) is 10.2. The topological polar surface area (TPSA) is 80.0 Å². The first-order valence-electron chi connectivity index (χ1n) is 5.65. The van der Waals surface area contributed by atoms with Gasteiger partial charge < -0.3 is 15.0 Å². The van der Waals surface area contributed by atoms with Crippen LogP contribution < -0.4 is 5.32 Å².